The van der Waals surface area contributed by atoms with Crippen LogP contribution in [0.25, 0.3) is 5.78 Å². The summed E-state index contributed by atoms with van der Waals surface area (Å²) in [5, 5.41) is 7.07. The van der Waals surface area contributed by atoms with E-state index in [1.165, 1.54) is 0 Å². The lowest BCUT2D eigenvalue weighted by atomic mass is 10.1. The minimum atomic E-state index is -3.24. The Labute approximate surface area is 169 Å². The van der Waals surface area contributed by atoms with Crippen molar-refractivity contribution in [1.29, 1.82) is 0 Å². The number of amides is 1. The smallest absolute Gasteiger partial charge is 0.254 e. The maximum Gasteiger partial charge on any atom is 0.254 e. The number of carbonyl (C=O) groups is 1. The van der Waals surface area contributed by atoms with Crippen LogP contribution in [0, 0.1) is 13.8 Å². The molecule has 2 heterocycles. The number of sulfone groups is 1. The third kappa shape index (κ3) is 4.53. The lowest BCUT2D eigenvalue weighted by molar-refractivity contribution is -0.121. The molecule has 0 bridgehead atoms. The van der Waals surface area contributed by atoms with Gasteiger partial charge in [0, 0.05) is 24.1 Å². The number of aromatic nitrogens is 4. The van der Waals surface area contributed by atoms with Gasteiger partial charge >= 0.3 is 0 Å². The summed E-state index contributed by atoms with van der Waals surface area (Å²) in [6.07, 6.45) is 1.95. The fraction of sp³-hybridized carbons (Fsp3) is 0.368. The SMILES string of the molecule is Cc1nc2nc(N)nn2c(C)c1CCC(=O)N[C@H](C)c1ccc(S(C)(=O)=O)cc1. The molecule has 154 valence electrons. The van der Waals surface area contributed by atoms with Crippen molar-refractivity contribution in [2.75, 3.05) is 12.0 Å². The highest BCUT2D eigenvalue weighted by atomic mass is 32.2. The maximum absolute atomic E-state index is 12.4. The molecule has 29 heavy (non-hydrogen) atoms. The van der Waals surface area contributed by atoms with E-state index >= 15 is 0 Å². The molecule has 1 atom stereocenters. The Kier molecular flexibility index (Phi) is 5.56. The molecule has 0 aliphatic heterocycles. The van der Waals surface area contributed by atoms with Crippen LogP contribution in [0.1, 0.15) is 41.9 Å². The molecule has 1 aromatic carbocycles. The fourth-order valence-corrected chi connectivity index (χ4v) is 3.86. The van der Waals surface area contributed by atoms with Gasteiger partial charge in [0.2, 0.25) is 11.9 Å². The number of nitrogen functional groups attached to an aromatic ring is 1. The number of aryl methyl sites for hydroxylation is 2. The molecule has 1 amide bonds. The van der Waals surface area contributed by atoms with Crippen LogP contribution in [0.15, 0.2) is 29.2 Å². The number of anilines is 1. The summed E-state index contributed by atoms with van der Waals surface area (Å²) in [6, 6.07) is 6.27. The number of fused-ring (bicyclic) bond motifs is 1. The monoisotopic (exact) mass is 416 g/mol. The molecule has 0 saturated heterocycles. The largest absolute Gasteiger partial charge is 0.366 e. The summed E-state index contributed by atoms with van der Waals surface area (Å²) >= 11 is 0. The molecule has 2 aromatic heterocycles. The Morgan fingerprint density at radius 3 is 2.48 bits per heavy atom. The second-order valence-corrected chi connectivity index (χ2v) is 9.09. The number of carbonyl (C=O) groups excluding carboxylic acids is 1. The number of hydrogen-bond acceptors (Lipinski definition) is 7. The van der Waals surface area contributed by atoms with Gasteiger partial charge in [0.15, 0.2) is 9.84 Å². The van der Waals surface area contributed by atoms with Crippen LogP contribution in [-0.2, 0) is 21.1 Å². The minimum absolute atomic E-state index is 0.110. The molecule has 0 radical (unpaired) electrons. The average molecular weight is 417 g/mol. The Balaban J connectivity index is 1.66. The average Bonchev–Trinajstić information content (AvgIpc) is 3.01. The maximum atomic E-state index is 12.4. The Morgan fingerprint density at radius 1 is 1.21 bits per heavy atom. The first-order chi connectivity index (χ1) is 13.6. The van der Waals surface area contributed by atoms with Gasteiger partial charge in [-0.15, -0.1) is 5.10 Å². The molecule has 3 rings (SSSR count). The van der Waals surface area contributed by atoms with Crippen molar-refractivity contribution in [3.63, 3.8) is 0 Å². The van der Waals surface area contributed by atoms with E-state index in [-0.39, 0.29) is 29.2 Å². The number of rotatable bonds is 6. The van der Waals surface area contributed by atoms with Gasteiger partial charge in [-0.25, -0.2) is 13.4 Å². The van der Waals surface area contributed by atoms with E-state index in [0.29, 0.717) is 12.2 Å². The quantitative estimate of drug-likeness (QED) is 0.623. The molecular weight excluding hydrogens is 392 g/mol. The van der Waals surface area contributed by atoms with E-state index in [0.717, 1.165) is 28.8 Å². The van der Waals surface area contributed by atoms with Crippen LogP contribution in [0.5, 0.6) is 0 Å². The van der Waals surface area contributed by atoms with Crippen molar-refractivity contribution in [2.45, 2.75) is 44.6 Å². The summed E-state index contributed by atoms with van der Waals surface area (Å²) in [6.45, 7) is 5.63. The zero-order chi connectivity index (χ0) is 21.3. The van der Waals surface area contributed by atoms with Crippen molar-refractivity contribution in [1.82, 2.24) is 24.9 Å². The molecule has 0 aliphatic carbocycles. The highest BCUT2D eigenvalue weighted by Gasteiger charge is 2.16. The normalized spacial score (nSPS) is 12.8. The summed E-state index contributed by atoms with van der Waals surface area (Å²) in [5.74, 6) is 0.490. The van der Waals surface area contributed by atoms with Crippen molar-refractivity contribution < 1.29 is 13.2 Å². The van der Waals surface area contributed by atoms with Gasteiger partial charge < -0.3 is 11.1 Å². The second kappa shape index (κ2) is 7.78. The fourth-order valence-electron chi connectivity index (χ4n) is 3.22. The summed E-state index contributed by atoms with van der Waals surface area (Å²) in [5.41, 5.74) is 9.06. The van der Waals surface area contributed by atoms with E-state index in [4.69, 9.17) is 5.73 Å². The molecule has 3 N–H and O–H groups in total. The number of hydrogen-bond donors (Lipinski definition) is 2. The van der Waals surface area contributed by atoms with Gasteiger partial charge in [-0.05, 0) is 50.5 Å². The first kappa shape index (κ1) is 20.7. The third-order valence-electron chi connectivity index (χ3n) is 4.85. The van der Waals surface area contributed by atoms with Gasteiger partial charge in [0.25, 0.3) is 5.78 Å². The standard InChI is InChI=1S/C19H24N6O3S/c1-11(14-5-7-15(8-6-14)29(4,27)28)21-17(26)10-9-16-12(2)22-19-23-18(20)24-25(19)13(16)3/h5-8,11H,9-10H2,1-4H3,(H2,20,24)(H,21,26)/t11-/m1/s1. The topological polar surface area (TPSA) is 132 Å². The van der Waals surface area contributed by atoms with E-state index in [1.807, 2.05) is 20.8 Å². The van der Waals surface area contributed by atoms with Crippen molar-refractivity contribution in [2.24, 2.45) is 0 Å². The van der Waals surface area contributed by atoms with Crippen molar-refractivity contribution >= 4 is 27.5 Å². The zero-order valence-electron chi connectivity index (χ0n) is 16.8. The Bertz CT molecular complexity index is 1170. The number of nitrogens with one attached hydrogen (secondary N) is 1. The first-order valence-corrected chi connectivity index (χ1v) is 11.0. The van der Waals surface area contributed by atoms with Crippen LogP contribution in [0.3, 0.4) is 0 Å². The van der Waals surface area contributed by atoms with Gasteiger partial charge in [-0.2, -0.15) is 9.50 Å². The minimum Gasteiger partial charge on any atom is -0.366 e. The van der Waals surface area contributed by atoms with Gasteiger partial charge in [0.05, 0.1) is 10.9 Å². The van der Waals surface area contributed by atoms with Gasteiger partial charge in [-0.1, -0.05) is 12.1 Å². The van der Waals surface area contributed by atoms with Gasteiger partial charge in [0.1, 0.15) is 0 Å². The predicted octanol–water partition coefficient (Wildman–Crippen LogP) is 1.54. The predicted molar refractivity (Wildman–Crippen MR) is 109 cm³/mol. The molecule has 0 aliphatic rings. The second-order valence-electron chi connectivity index (χ2n) is 7.07. The highest BCUT2D eigenvalue weighted by molar-refractivity contribution is 7.90. The molecule has 0 spiro atoms. The number of benzene rings is 1. The molecular formula is C19H24N6O3S. The van der Waals surface area contributed by atoms with Crippen molar-refractivity contribution in [3.8, 4) is 0 Å². The lowest BCUT2D eigenvalue weighted by Gasteiger charge is -2.15. The number of nitrogens with two attached hydrogens (primary N) is 1. The van der Waals surface area contributed by atoms with Crippen molar-refractivity contribution in [3.05, 3.63) is 46.8 Å². The third-order valence-corrected chi connectivity index (χ3v) is 5.98. The first-order valence-electron chi connectivity index (χ1n) is 9.14. The van der Waals surface area contributed by atoms with Gasteiger partial charge in [-0.3, -0.25) is 4.79 Å². The van der Waals surface area contributed by atoms with E-state index in [1.54, 1.807) is 28.8 Å². The Morgan fingerprint density at radius 2 is 1.86 bits per heavy atom. The van der Waals surface area contributed by atoms with Crippen LogP contribution in [0.4, 0.5) is 5.95 Å². The lowest BCUT2D eigenvalue weighted by Crippen LogP contribution is -2.27. The zero-order valence-corrected chi connectivity index (χ0v) is 17.6. The van der Waals surface area contributed by atoms with Crippen LogP contribution >= 0.6 is 0 Å². The highest BCUT2D eigenvalue weighted by Crippen LogP contribution is 2.18. The summed E-state index contributed by atoms with van der Waals surface area (Å²) < 4.78 is 24.7. The van der Waals surface area contributed by atoms with Crippen LogP contribution < -0.4 is 11.1 Å². The van der Waals surface area contributed by atoms with Crippen LogP contribution in [0.2, 0.25) is 0 Å². The molecule has 9 nitrogen and oxygen atoms in total. The van der Waals surface area contributed by atoms with Crippen LogP contribution in [-0.4, -0.2) is 40.2 Å². The van der Waals surface area contributed by atoms with E-state index < -0.39 is 9.84 Å². The van der Waals surface area contributed by atoms with E-state index in [9.17, 15) is 13.2 Å². The molecule has 0 unspecified atom stereocenters. The number of nitrogens with zero attached hydrogens (tertiary/aromatic N) is 4. The molecule has 3 aromatic rings. The Hall–Kier alpha value is -3.01. The molecule has 0 fully saturated rings. The summed E-state index contributed by atoms with van der Waals surface area (Å²) in [4.78, 5) is 21.2. The van der Waals surface area contributed by atoms with E-state index in [2.05, 4.69) is 20.4 Å². The molecule has 0 saturated carbocycles. The summed E-state index contributed by atoms with van der Waals surface area (Å²) in [7, 11) is -3.24. The molecule has 10 heteroatoms.